The highest BCUT2D eigenvalue weighted by Crippen LogP contribution is 2.32. The van der Waals surface area contributed by atoms with E-state index in [1.165, 1.54) is 5.56 Å². The van der Waals surface area contributed by atoms with Crippen LogP contribution in [0.3, 0.4) is 0 Å². The molecule has 0 atom stereocenters. The summed E-state index contributed by atoms with van der Waals surface area (Å²) in [4.78, 5) is 17.4. The fourth-order valence-corrected chi connectivity index (χ4v) is 3.22. The maximum absolute atomic E-state index is 12.6. The minimum atomic E-state index is -0.0277. The van der Waals surface area contributed by atoms with Gasteiger partial charge >= 0.3 is 0 Å². The first-order valence-corrected chi connectivity index (χ1v) is 8.82. The molecule has 0 N–H and O–H groups in total. The molecule has 0 bridgehead atoms. The first-order chi connectivity index (χ1) is 12.7. The molecule has 0 spiro atoms. The lowest BCUT2D eigenvalue weighted by Crippen LogP contribution is -2.16. The number of hydrogen-bond acceptors (Lipinski definition) is 2. The molecule has 0 aliphatic rings. The molecule has 0 fully saturated rings. The van der Waals surface area contributed by atoms with Gasteiger partial charge in [0.2, 0.25) is 0 Å². The molecule has 3 nitrogen and oxygen atoms in total. The van der Waals surface area contributed by atoms with Gasteiger partial charge in [0.15, 0.2) is 0 Å². The van der Waals surface area contributed by atoms with Crippen LogP contribution in [0.25, 0.3) is 33.3 Å². The van der Waals surface area contributed by atoms with E-state index in [0.717, 1.165) is 34.3 Å². The molecule has 4 aromatic rings. The number of nitrogens with zero attached hydrogens (tertiary/aromatic N) is 2. The summed E-state index contributed by atoms with van der Waals surface area (Å²) < 4.78 is 1.59. The Morgan fingerprint density at radius 3 is 2.35 bits per heavy atom. The standard InChI is InChI=1S/C23H20N2O/c1-3-16-9-11-18(12-10-16)22-19(17-7-5-4-6-8-17)15-20-21(24-22)13-14-25(2)23(20)26/h4-15H,3H2,1-2H3. The van der Waals surface area contributed by atoms with Gasteiger partial charge in [-0.05, 0) is 29.7 Å². The zero-order valence-corrected chi connectivity index (χ0v) is 14.9. The lowest BCUT2D eigenvalue weighted by Gasteiger charge is -2.12. The van der Waals surface area contributed by atoms with Gasteiger partial charge in [0.25, 0.3) is 5.56 Å². The van der Waals surface area contributed by atoms with Crippen LogP contribution in [0, 0.1) is 0 Å². The molecule has 0 amide bonds. The van der Waals surface area contributed by atoms with Crippen molar-refractivity contribution in [1.29, 1.82) is 0 Å². The van der Waals surface area contributed by atoms with E-state index in [1.807, 2.05) is 30.3 Å². The molecular weight excluding hydrogens is 320 g/mol. The Bertz CT molecular complexity index is 1130. The monoisotopic (exact) mass is 340 g/mol. The van der Waals surface area contributed by atoms with E-state index in [9.17, 15) is 4.79 Å². The van der Waals surface area contributed by atoms with Gasteiger partial charge in [-0.3, -0.25) is 4.79 Å². The summed E-state index contributed by atoms with van der Waals surface area (Å²) in [5, 5.41) is 0.641. The van der Waals surface area contributed by atoms with E-state index >= 15 is 0 Å². The van der Waals surface area contributed by atoms with Crippen LogP contribution in [0.5, 0.6) is 0 Å². The summed E-state index contributed by atoms with van der Waals surface area (Å²) in [7, 11) is 1.77. The van der Waals surface area contributed by atoms with Gasteiger partial charge in [-0.2, -0.15) is 0 Å². The molecule has 0 unspecified atom stereocenters. The fraction of sp³-hybridized carbons (Fsp3) is 0.130. The number of aromatic nitrogens is 2. The zero-order valence-electron chi connectivity index (χ0n) is 14.9. The first-order valence-electron chi connectivity index (χ1n) is 8.82. The number of rotatable bonds is 3. The van der Waals surface area contributed by atoms with E-state index < -0.39 is 0 Å². The first kappa shape index (κ1) is 16.3. The Hall–Kier alpha value is -3.20. The molecule has 2 aromatic heterocycles. The lowest BCUT2D eigenvalue weighted by atomic mass is 9.97. The predicted molar refractivity (Wildman–Crippen MR) is 107 cm³/mol. The molecule has 2 heterocycles. The molecular formula is C23H20N2O. The van der Waals surface area contributed by atoms with Gasteiger partial charge in [0.05, 0.1) is 16.6 Å². The zero-order chi connectivity index (χ0) is 18.1. The summed E-state index contributed by atoms with van der Waals surface area (Å²) >= 11 is 0. The minimum absolute atomic E-state index is 0.0277. The van der Waals surface area contributed by atoms with E-state index in [0.29, 0.717) is 5.39 Å². The molecule has 0 saturated carbocycles. The van der Waals surface area contributed by atoms with E-state index in [4.69, 9.17) is 4.98 Å². The third-order valence-corrected chi connectivity index (χ3v) is 4.78. The second-order valence-corrected chi connectivity index (χ2v) is 6.47. The van der Waals surface area contributed by atoms with Crippen molar-refractivity contribution in [1.82, 2.24) is 9.55 Å². The third-order valence-electron chi connectivity index (χ3n) is 4.78. The van der Waals surface area contributed by atoms with Gasteiger partial charge in [-0.25, -0.2) is 4.98 Å². The summed E-state index contributed by atoms with van der Waals surface area (Å²) in [6, 6.07) is 22.5. The van der Waals surface area contributed by atoms with Crippen molar-refractivity contribution in [2.24, 2.45) is 7.05 Å². The Morgan fingerprint density at radius 2 is 1.65 bits per heavy atom. The van der Waals surface area contributed by atoms with Crippen LogP contribution in [-0.2, 0) is 13.5 Å². The molecule has 26 heavy (non-hydrogen) atoms. The van der Waals surface area contributed by atoms with Crippen LogP contribution >= 0.6 is 0 Å². The largest absolute Gasteiger partial charge is 0.318 e. The van der Waals surface area contributed by atoms with Crippen molar-refractivity contribution >= 4 is 10.9 Å². The Balaban J connectivity index is 2.03. The minimum Gasteiger partial charge on any atom is -0.318 e. The number of hydrogen-bond donors (Lipinski definition) is 0. The van der Waals surface area contributed by atoms with Crippen LogP contribution < -0.4 is 5.56 Å². The second-order valence-electron chi connectivity index (χ2n) is 6.47. The maximum atomic E-state index is 12.6. The maximum Gasteiger partial charge on any atom is 0.259 e. The predicted octanol–water partition coefficient (Wildman–Crippen LogP) is 4.83. The molecule has 3 heteroatoms. The van der Waals surface area contributed by atoms with Crippen molar-refractivity contribution in [3.63, 3.8) is 0 Å². The van der Waals surface area contributed by atoms with Gasteiger partial charge in [0, 0.05) is 24.4 Å². The number of fused-ring (bicyclic) bond motifs is 1. The molecule has 0 aliphatic heterocycles. The van der Waals surface area contributed by atoms with Gasteiger partial charge < -0.3 is 4.57 Å². The summed E-state index contributed by atoms with van der Waals surface area (Å²) in [6.45, 7) is 2.15. The van der Waals surface area contributed by atoms with Crippen LogP contribution in [0.4, 0.5) is 0 Å². The quantitative estimate of drug-likeness (QED) is 0.535. The van der Waals surface area contributed by atoms with Crippen molar-refractivity contribution < 1.29 is 0 Å². The van der Waals surface area contributed by atoms with Gasteiger partial charge in [-0.1, -0.05) is 61.5 Å². The van der Waals surface area contributed by atoms with E-state index in [1.54, 1.807) is 17.8 Å². The van der Waals surface area contributed by atoms with Crippen molar-refractivity contribution in [3.05, 3.63) is 88.8 Å². The summed E-state index contributed by atoms with van der Waals surface area (Å²) in [5.41, 5.74) is 5.99. The van der Waals surface area contributed by atoms with Gasteiger partial charge in [0.1, 0.15) is 0 Å². The molecule has 128 valence electrons. The third kappa shape index (κ3) is 2.82. The van der Waals surface area contributed by atoms with E-state index in [-0.39, 0.29) is 5.56 Å². The summed E-state index contributed by atoms with van der Waals surface area (Å²) in [5.74, 6) is 0. The molecule has 0 radical (unpaired) electrons. The molecule has 2 aromatic carbocycles. The highest BCUT2D eigenvalue weighted by Gasteiger charge is 2.13. The van der Waals surface area contributed by atoms with Crippen LogP contribution in [0.2, 0.25) is 0 Å². The fourth-order valence-electron chi connectivity index (χ4n) is 3.22. The van der Waals surface area contributed by atoms with Crippen LogP contribution in [0.1, 0.15) is 12.5 Å². The lowest BCUT2D eigenvalue weighted by molar-refractivity contribution is 0.872. The topological polar surface area (TPSA) is 34.9 Å². The Morgan fingerprint density at radius 1 is 0.923 bits per heavy atom. The number of aryl methyl sites for hydroxylation is 2. The highest BCUT2D eigenvalue weighted by atomic mass is 16.1. The smallest absolute Gasteiger partial charge is 0.259 e. The summed E-state index contributed by atoms with van der Waals surface area (Å²) in [6.07, 6.45) is 2.77. The average Bonchev–Trinajstić information content (AvgIpc) is 2.71. The van der Waals surface area contributed by atoms with Crippen molar-refractivity contribution in [3.8, 4) is 22.4 Å². The molecule has 4 rings (SSSR count). The number of benzene rings is 2. The van der Waals surface area contributed by atoms with Crippen molar-refractivity contribution in [2.75, 3.05) is 0 Å². The Kier molecular flexibility index (Phi) is 4.13. The van der Waals surface area contributed by atoms with Crippen LogP contribution in [0.15, 0.2) is 77.7 Å². The second kappa shape index (κ2) is 6.60. The van der Waals surface area contributed by atoms with E-state index in [2.05, 4.69) is 43.3 Å². The van der Waals surface area contributed by atoms with Gasteiger partial charge in [-0.15, -0.1) is 0 Å². The van der Waals surface area contributed by atoms with Crippen molar-refractivity contribution in [2.45, 2.75) is 13.3 Å². The highest BCUT2D eigenvalue weighted by molar-refractivity contribution is 5.91. The normalized spacial score (nSPS) is 11.0. The SMILES string of the molecule is CCc1ccc(-c2nc3ccn(C)c(=O)c3cc2-c2ccccc2)cc1. The average molecular weight is 340 g/mol. The number of pyridine rings is 2. The van der Waals surface area contributed by atoms with Crippen LogP contribution in [-0.4, -0.2) is 9.55 Å². The Labute approximate surface area is 152 Å². The molecule has 0 aliphatic carbocycles. The molecule has 0 saturated heterocycles.